The third-order valence-corrected chi connectivity index (χ3v) is 4.61. The first kappa shape index (κ1) is 23.2. The fourth-order valence-corrected chi connectivity index (χ4v) is 2.90. The molecule has 1 aromatic heterocycles. The van der Waals surface area contributed by atoms with Gasteiger partial charge in [-0.1, -0.05) is 30.6 Å². The van der Waals surface area contributed by atoms with E-state index in [1.807, 2.05) is 19.9 Å². The zero-order valence-corrected chi connectivity index (χ0v) is 18.1. The second kappa shape index (κ2) is 11.2. The molecule has 7 nitrogen and oxygen atoms in total. The molecule has 2 aromatic rings. The van der Waals surface area contributed by atoms with Gasteiger partial charge in [-0.25, -0.2) is 0 Å². The number of nitro groups is 1. The highest BCUT2D eigenvalue weighted by Gasteiger charge is 2.18. The minimum atomic E-state index is -0.498. The summed E-state index contributed by atoms with van der Waals surface area (Å²) in [5.41, 5.74) is 2.26. The maximum Gasteiger partial charge on any atom is 0.294 e. The first-order valence-corrected chi connectivity index (χ1v) is 10.2. The van der Waals surface area contributed by atoms with Crippen molar-refractivity contribution in [2.75, 3.05) is 13.2 Å². The van der Waals surface area contributed by atoms with Crippen LogP contribution in [-0.4, -0.2) is 23.1 Å². The lowest BCUT2D eigenvalue weighted by molar-refractivity contribution is -0.384. The second-order valence-electron chi connectivity index (χ2n) is 7.48. The molecule has 0 aliphatic carbocycles. The normalized spacial score (nSPS) is 11.4. The lowest BCUT2D eigenvalue weighted by atomic mass is 10.1. The summed E-state index contributed by atoms with van der Waals surface area (Å²) in [6, 6.07) is 4.31. The van der Waals surface area contributed by atoms with Gasteiger partial charge in [0.2, 0.25) is 5.75 Å². The lowest BCUT2D eigenvalue weighted by Gasteiger charge is -2.14. The van der Waals surface area contributed by atoms with Crippen molar-refractivity contribution < 1.29 is 14.4 Å². The third kappa shape index (κ3) is 6.47. The number of hydrogen-bond donors (Lipinski definition) is 1. The highest BCUT2D eigenvalue weighted by atomic mass is 16.6. The Kier molecular flexibility index (Phi) is 8.65. The monoisotopic (exact) mass is 414 g/mol. The van der Waals surface area contributed by atoms with Crippen LogP contribution in [0.25, 0.3) is 10.9 Å². The molecule has 1 aromatic carbocycles. The van der Waals surface area contributed by atoms with E-state index in [4.69, 9.17) is 9.47 Å². The van der Waals surface area contributed by atoms with Crippen LogP contribution in [0.5, 0.6) is 11.5 Å². The summed E-state index contributed by atoms with van der Waals surface area (Å²) in [5, 5.41) is 11.6. The first-order chi connectivity index (χ1) is 14.3. The molecule has 0 atom stereocenters. The van der Waals surface area contributed by atoms with Gasteiger partial charge in [-0.3, -0.25) is 14.9 Å². The highest BCUT2D eigenvalue weighted by molar-refractivity contribution is 5.88. The maximum absolute atomic E-state index is 12.6. The summed E-state index contributed by atoms with van der Waals surface area (Å²) in [4.78, 5) is 25.8. The molecule has 0 radical (unpaired) electrons. The Balaban J connectivity index is 2.33. The molecule has 0 saturated heterocycles. The van der Waals surface area contributed by atoms with Gasteiger partial charge in [0.25, 0.3) is 11.2 Å². The number of aromatic nitrogens is 1. The number of nitrogens with zero attached hydrogens (tertiary/aromatic N) is 1. The third-order valence-electron chi connectivity index (χ3n) is 4.61. The number of hydrogen-bond acceptors (Lipinski definition) is 5. The van der Waals surface area contributed by atoms with Gasteiger partial charge in [0.1, 0.15) is 6.61 Å². The molecule has 2 rings (SSSR count). The molecule has 0 amide bonds. The molecule has 162 valence electrons. The van der Waals surface area contributed by atoms with Crippen LogP contribution < -0.4 is 15.0 Å². The Morgan fingerprint density at radius 1 is 1.17 bits per heavy atom. The zero-order valence-electron chi connectivity index (χ0n) is 18.1. The number of nitrogens with one attached hydrogen (secondary N) is 1. The summed E-state index contributed by atoms with van der Waals surface area (Å²) in [6.07, 6.45) is 7.80. The van der Waals surface area contributed by atoms with Gasteiger partial charge in [-0.05, 0) is 52.2 Å². The molecule has 30 heavy (non-hydrogen) atoms. The summed E-state index contributed by atoms with van der Waals surface area (Å²) >= 11 is 0. The number of pyridine rings is 1. The Labute approximate surface area is 176 Å². The van der Waals surface area contributed by atoms with Crippen molar-refractivity contribution in [2.24, 2.45) is 0 Å². The molecular formula is C23H30N2O5. The van der Waals surface area contributed by atoms with E-state index in [0.29, 0.717) is 23.3 Å². The molecule has 1 heterocycles. The number of fused-ring (bicyclic) bond motifs is 1. The molecule has 1 N–H and O–H groups in total. The van der Waals surface area contributed by atoms with Crippen molar-refractivity contribution in [3.05, 3.63) is 62.0 Å². The number of H-pyrrole nitrogens is 1. The highest BCUT2D eigenvalue weighted by Crippen LogP contribution is 2.33. The summed E-state index contributed by atoms with van der Waals surface area (Å²) in [6.45, 7) is 8.90. The van der Waals surface area contributed by atoms with E-state index >= 15 is 0 Å². The van der Waals surface area contributed by atoms with Gasteiger partial charge in [0.15, 0.2) is 5.75 Å². The number of unbranched alkanes of at least 4 members (excludes halogenated alkanes) is 1. The molecule has 0 spiro atoms. The van der Waals surface area contributed by atoms with Crippen LogP contribution in [0.2, 0.25) is 0 Å². The van der Waals surface area contributed by atoms with Crippen molar-refractivity contribution in [3.8, 4) is 11.5 Å². The van der Waals surface area contributed by atoms with E-state index in [-0.39, 0.29) is 18.0 Å². The predicted molar refractivity (Wildman–Crippen MR) is 120 cm³/mol. The largest absolute Gasteiger partial charge is 0.485 e. The summed E-state index contributed by atoms with van der Waals surface area (Å²) < 4.78 is 11.7. The Bertz CT molecular complexity index is 1000. The van der Waals surface area contributed by atoms with Crippen LogP contribution in [0.3, 0.4) is 0 Å². The van der Waals surface area contributed by atoms with Crippen LogP contribution in [0.1, 0.15) is 53.4 Å². The molecule has 0 unspecified atom stereocenters. The minimum absolute atomic E-state index is 0.0984. The zero-order chi connectivity index (χ0) is 22.1. The standard InChI is InChI=1S/C23H30N2O5/c1-5-6-13-29-22-21(30-14-12-17(4)9-7-8-16(2)3)19-11-10-18(25(27)28)15-20(19)24-23(22)26/h8,10-12,15H,5-7,9,13-14H2,1-4H3,(H,24,26). The van der Waals surface area contributed by atoms with Gasteiger partial charge in [0, 0.05) is 17.5 Å². The molecule has 0 aliphatic rings. The second-order valence-corrected chi connectivity index (χ2v) is 7.48. The number of benzene rings is 1. The van der Waals surface area contributed by atoms with Crippen molar-refractivity contribution >= 4 is 16.6 Å². The van der Waals surface area contributed by atoms with Gasteiger partial charge in [-0.15, -0.1) is 0 Å². The maximum atomic E-state index is 12.6. The predicted octanol–water partition coefficient (Wildman–Crippen LogP) is 5.69. The lowest BCUT2D eigenvalue weighted by Crippen LogP contribution is -2.15. The van der Waals surface area contributed by atoms with Crippen molar-refractivity contribution in [1.29, 1.82) is 0 Å². The Morgan fingerprint density at radius 2 is 1.93 bits per heavy atom. The topological polar surface area (TPSA) is 94.5 Å². The van der Waals surface area contributed by atoms with E-state index in [1.165, 1.54) is 23.3 Å². The molecular weight excluding hydrogens is 384 g/mol. The average molecular weight is 415 g/mol. The van der Waals surface area contributed by atoms with Crippen LogP contribution in [-0.2, 0) is 0 Å². The summed E-state index contributed by atoms with van der Waals surface area (Å²) in [5.74, 6) is 0.425. The van der Waals surface area contributed by atoms with E-state index < -0.39 is 10.5 Å². The fraction of sp³-hybridized carbons (Fsp3) is 0.435. The first-order valence-electron chi connectivity index (χ1n) is 10.2. The molecule has 0 aliphatic heterocycles. The van der Waals surface area contributed by atoms with Gasteiger partial charge in [0.05, 0.1) is 17.0 Å². The minimum Gasteiger partial charge on any atom is -0.485 e. The van der Waals surface area contributed by atoms with E-state index in [9.17, 15) is 14.9 Å². The van der Waals surface area contributed by atoms with Gasteiger partial charge in [-0.2, -0.15) is 0 Å². The van der Waals surface area contributed by atoms with Gasteiger partial charge >= 0.3 is 0 Å². The number of rotatable bonds is 11. The average Bonchev–Trinajstić information content (AvgIpc) is 2.68. The molecule has 0 fully saturated rings. The van der Waals surface area contributed by atoms with E-state index in [1.54, 1.807) is 6.07 Å². The quantitative estimate of drug-likeness (QED) is 0.221. The Hall–Kier alpha value is -3.09. The van der Waals surface area contributed by atoms with Crippen LogP contribution in [0.4, 0.5) is 5.69 Å². The number of ether oxygens (including phenoxy) is 2. The van der Waals surface area contributed by atoms with E-state index in [0.717, 1.165) is 25.7 Å². The smallest absolute Gasteiger partial charge is 0.294 e. The molecule has 0 bridgehead atoms. The van der Waals surface area contributed by atoms with Crippen molar-refractivity contribution in [3.63, 3.8) is 0 Å². The number of aromatic amines is 1. The summed E-state index contributed by atoms with van der Waals surface area (Å²) in [7, 11) is 0. The van der Waals surface area contributed by atoms with Crippen LogP contribution in [0, 0.1) is 10.1 Å². The SMILES string of the molecule is CCCCOc1c(OCC=C(C)CCC=C(C)C)c2ccc([N+](=O)[O-])cc2[nH]c1=O. The number of non-ortho nitro benzene ring substituents is 1. The van der Waals surface area contributed by atoms with Crippen molar-refractivity contribution in [1.82, 2.24) is 4.98 Å². The van der Waals surface area contributed by atoms with Crippen LogP contribution >= 0.6 is 0 Å². The number of allylic oxidation sites excluding steroid dienone is 3. The molecule has 7 heteroatoms. The number of nitro benzene ring substituents is 1. The van der Waals surface area contributed by atoms with Crippen molar-refractivity contribution in [2.45, 2.75) is 53.4 Å². The fourth-order valence-electron chi connectivity index (χ4n) is 2.90. The van der Waals surface area contributed by atoms with E-state index in [2.05, 4.69) is 24.9 Å². The van der Waals surface area contributed by atoms with Crippen LogP contribution in [0.15, 0.2) is 46.3 Å². The Morgan fingerprint density at radius 3 is 2.60 bits per heavy atom. The van der Waals surface area contributed by atoms with Gasteiger partial charge < -0.3 is 14.5 Å². The molecule has 0 saturated carbocycles.